The summed E-state index contributed by atoms with van der Waals surface area (Å²) >= 11 is 6.16. The molecule has 0 atom stereocenters. The van der Waals surface area contributed by atoms with Crippen LogP contribution in [0.25, 0.3) is 0 Å². The summed E-state index contributed by atoms with van der Waals surface area (Å²) in [6.45, 7) is 3.82. The van der Waals surface area contributed by atoms with Crippen LogP contribution in [0.15, 0.2) is 59.5 Å². The molecule has 0 heterocycles. The maximum absolute atomic E-state index is 13.0. The van der Waals surface area contributed by atoms with Crippen LogP contribution in [0, 0.1) is 13.8 Å². The Morgan fingerprint density at radius 3 is 2.31 bits per heavy atom. The number of halogens is 1. The van der Waals surface area contributed by atoms with Gasteiger partial charge in [-0.2, -0.15) is 0 Å². The molecule has 32 heavy (non-hydrogen) atoms. The number of benzene rings is 3. The standard InChI is InChI=1S/C23H23ClN2O5S/c1-14-5-7-17(11-15(14)2)26-32(28,29)22-12-16(6-9-19(22)24)23(27)25-20-10-8-18(30-3)13-21(20)31-4/h5-13,26H,1-4H3,(H,25,27). The number of anilines is 2. The summed E-state index contributed by atoms with van der Waals surface area (Å²) in [7, 11) is -1.04. The monoisotopic (exact) mass is 474 g/mol. The number of hydrogen-bond acceptors (Lipinski definition) is 5. The van der Waals surface area contributed by atoms with Crippen molar-refractivity contribution < 1.29 is 22.7 Å². The number of nitrogens with one attached hydrogen (secondary N) is 2. The highest BCUT2D eigenvalue weighted by atomic mass is 35.5. The molecule has 0 saturated heterocycles. The lowest BCUT2D eigenvalue weighted by Gasteiger charge is -2.14. The maximum atomic E-state index is 13.0. The molecule has 0 saturated carbocycles. The zero-order valence-corrected chi connectivity index (χ0v) is 19.6. The highest BCUT2D eigenvalue weighted by molar-refractivity contribution is 7.92. The first-order chi connectivity index (χ1) is 15.1. The van der Waals surface area contributed by atoms with Gasteiger partial charge in [-0.15, -0.1) is 0 Å². The Bertz CT molecular complexity index is 1280. The van der Waals surface area contributed by atoms with Crippen molar-refractivity contribution in [2.24, 2.45) is 0 Å². The molecule has 0 aliphatic heterocycles. The normalized spacial score (nSPS) is 11.0. The van der Waals surface area contributed by atoms with E-state index < -0.39 is 15.9 Å². The smallest absolute Gasteiger partial charge is 0.263 e. The van der Waals surface area contributed by atoms with E-state index in [1.807, 2.05) is 19.9 Å². The first kappa shape index (κ1) is 23.4. The SMILES string of the molecule is COc1ccc(NC(=O)c2ccc(Cl)c(S(=O)(=O)Nc3ccc(C)c(C)c3)c2)c(OC)c1. The molecule has 2 N–H and O–H groups in total. The van der Waals surface area contributed by atoms with E-state index in [0.717, 1.165) is 11.1 Å². The first-order valence-corrected chi connectivity index (χ1v) is 11.4. The Morgan fingerprint density at radius 1 is 0.906 bits per heavy atom. The number of hydrogen-bond donors (Lipinski definition) is 2. The van der Waals surface area contributed by atoms with Crippen molar-refractivity contribution in [2.75, 3.05) is 24.3 Å². The lowest BCUT2D eigenvalue weighted by molar-refractivity contribution is 0.102. The minimum Gasteiger partial charge on any atom is -0.497 e. The van der Waals surface area contributed by atoms with Gasteiger partial charge < -0.3 is 14.8 Å². The lowest BCUT2D eigenvalue weighted by atomic mass is 10.1. The van der Waals surface area contributed by atoms with Gasteiger partial charge in [0.25, 0.3) is 15.9 Å². The Kier molecular flexibility index (Phi) is 6.96. The van der Waals surface area contributed by atoms with E-state index in [2.05, 4.69) is 10.0 Å². The number of carbonyl (C=O) groups excluding carboxylic acids is 1. The van der Waals surface area contributed by atoms with Crippen LogP contribution in [0.2, 0.25) is 5.02 Å². The minimum absolute atomic E-state index is 0.0000818. The second-order valence-corrected chi connectivity index (χ2v) is 9.13. The molecule has 3 aromatic rings. The molecule has 7 nitrogen and oxygen atoms in total. The van der Waals surface area contributed by atoms with Gasteiger partial charge >= 0.3 is 0 Å². The van der Waals surface area contributed by atoms with Crippen molar-refractivity contribution in [3.8, 4) is 11.5 Å². The van der Waals surface area contributed by atoms with E-state index in [4.69, 9.17) is 21.1 Å². The fourth-order valence-electron chi connectivity index (χ4n) is 2.96. The van der Waals surface area contributed by atoms with E-state index in [1.165, 1.54) is 32.4 Å². The molecule has 0 spiro atoms. The molecule has 1 amide bonds. The van der Waals surface area contributed by atoms with Crippen LogP contribution in [0.5, 0.6) is 11.5 Å². The van der Waals surface area contributed by atoms with Gasteiger partial charge in [0.15, 0.2) is 0 Å². The molecule has 0 fully saturated rings. The summed E-state index contributed by atoms with van der Waals surface area (Å²) in [5.74, 6) is 0.445. The fourth-order valence-corrected chi connectivity index (χ4v) is 4.54. The van der Waals surface area contributed by atoms with Gasteiger partial charge in [-0.05, 0) is 67.4 Å². The summed E-state index contributed by atoms with van der Waals surface area (Å²) in [6, 6.07) is 14.2. The van der Waals surface area contributed by atoms with Crippen molar-refractivity contribution in [3.63, 3.8) is 0 Å². The van der Waals surface area contributed by atoms with Crippen LogP contribution in [0.3, 0.4) is 0 Å². The first-order valence-electron chi connectivity index (χ1n) is 9.57. The predicted molar refractivity (Wildman–Crippen MR) is 126 cm³/mol. The minimum atomic E-state index is -4.03. The number of rotatable bonds is 7. The van der Waals surface area contributed by atoms with Crippen LogP contribution in [-0.4, -0.2) is 28.5 Å². The lowest BCUT2D eigenvalue weighted by Crippen LogP contribution is -2.17. The molecule has 0 unspecified atom stereocenters. The van der Waals surface area contributed by atoms with Crippen molar-refractivity contribution in [1.29, 1.82) is 0 Å². The average molecular weight is 475 g/mol. The number of carbonyl (C=O) groups is 1. The Labute approximate surface area is 192 Å². The third-order valence-corrected chi connectivity index (χ3v) is 6.76. The van der Waals surface area contributed by atoms with E-state index in [9.17, 15) is 13.2 Å². The molecular formula is C23H23ClN2O5S. The third kappa shape index (κ3) is 5.15. The van der Waals surface area contributed by atoms with E-state index in [0.29, 0.717) is 22.9 Å². The summed E-state index contributed by atoms with van der Waals surface area (Å²) in [6.07, 6.45) is 0. The molecule has 3 aromatic carbocycles. The van der Waals surface area contributed by atoms with E-state index >= 15 is 0 Å². The number of sulfonamides is 1. The second kappa shape index (κ2) is 9.50. The molecular weight excluding hydrogens is 452 g/mol. The van der Waals surface area contributed by atoms with Gasteiger partial charge in [-0.3, -0.25) is 9.52 Å². The molecule has 0 bridgehead atoms. The molecule has 0 aliphatic rings. The fraction of sp³-hybridized carbons (Fsp3) is 0.174. The van der Waals surface area contributed by atoms with Crippen molar-refractivity contribution >= 4 is 38.9 Å². The van der Waals surface area contributed by atoms with Crippen LogP contribution < -0.4 is 19.5 Å². The molecule has 0 radical (unpaired) electrons. The number of amides is 1. The van der Waals surface area contributed by atoms with Crippen molar-refractivity contribution in [3.05, 3.63) is 76.3 Å². The van der Waals surface area contributed by atoms with Crippen LogP contribution in [0.4, 0.5) is 11.4 Å². The second-order valence-electron chi connectivity index (χ2n) is 7.07. The van der Waals surface area contributed by atoms with Gasteiger partial charge in [0.05, 0.1) is 24.9 Å². The van der Waals surface area contributed by atoms with E-state index in [-0.39, 0.29) is 15.5 Å². The Morgan fingerprint density at radius 2 is 1.66 bits per heavy atom. The largest absolute Gasteiger partial charge is 0.497 e. The molecule has 3 rings (SSSR count). The summed E-state index contributed by atoms with van der Waals surface area (Å²) in [5, 5.41) is 2.71. The van der Waals surface area contributed by atoms with Crippen molar-refractivity contribution in [1.82, 2.24) is 0 Å². The Hall–Kier alpha value is -3.23. The van der Waals surface area contributed by atoms with E-state index in [1.54, 1.807) is 30.3 Å². The molecule has 0 aliphatic carbocycles. The summed E-state index contributed by atoms with van der Waals surface area (Å²) < 4.78 is 38.9. The molecule has 9 heteroatoms. The number of aryl methyl sites for hydroxylation is 2. The highest BCUT2D eigenvalue weighted by Crippen LogP contribution is 2.30. The molecule has 168 valence electrons. The quantitative estimate of drug-likeness (QED) is 0.501. The summed E-state index contributed by atoms with van der Waals surface area (Å²) in [5.41, 5.74) is 2.91. The van der Waals surface area contributed by atoms with Crippen LogP contribution >= 0.6 is 11.6 Å². The third-order valence-electron chi connectivity index (χ3n) is 4.90. The van der Waals surface area contributed by atoms with Gasteiger partial charge in [0, 0.05) is 17.3 Å². The highest BCUT2D eigenvalue weighted by Gasteiger charge is 2.21. The van der Waals surface area contributed by atoms with Gasteiger partial charge in [0.2, 0.25) is 0 Å². The molecule has 0 aromatic heterocycles. The predicted octanol–water partition coefficient (Wildman–Crippen LogP) is 5.03. The Balaban J connectivity index is 1.89. The van der Waals surface area contributed by atoms with Crippen LogP contribution in [0.1, 0.15) is 21.5 Å². The zero-order chi connectivity index (χ0) is 23.5. The topological polar surface area (TPSA) is 93.7 Å². The van der Waals surface area contributed by atoms with Crippen molar-refractivity contribution in [2.45, 2.75) is 18.7 Å². The summed E-state index contributed by atoms with van der Waals surface area (Å²) in [4.78, 5) is 12.6. The number of ether oxygens (including phenoxy) is 2. The zero-order valence-electron chi connectivity index (χ0n) is 18.0. The average Bonchev–Trinajstić information content (AvgIpc) is 2.76. The van der Waals surface area contributed by atoms with Gasteiger partial charge in [-0.1, -0.05) is 17.7 Å². The van der Waals surface area contributed by atoms with Crippen LogP contribution in [-0.2, 0) is 10.0 Å². The van der Waals surface area contributed by atoms with Gasteiger partial charge in [0.1, 0.15) is 16.4 Å². The number of methoxy groups -OCH3 is 2. The maximum Gasteiger partial charge on any atom is 0.263 e. The van der Waals surface area contributed by atoms with Gasteiger partial charge in [-0.25, -0.2) is 8.42 Å².